The number of rotatable bonds is 3. The molecule has 2 saturated heterocycles. The van der Waals surface area contributed by atoms with Gasteiger partial charge in [-0.2, -0.15) is 0 Å². The zero-order chi connectivity index (χ0) is 11.2. The molecule has 0 atom stereocenters. The lowest BCUT2D eigenvalue weighted by Crippen LogP contribution is -2.51. The van der Waals surface area contributed by atoms with Gasteiger partial charge in [0.05, 0.1) is 6.54 Å². The highest BCUT2D eigenvalue weighted by atomic mass is 16.2. The Balaban J connectivity index is 1.66. The Kier molecular flexibility index (Phi) is 4.56. The minimum absolute atomic E-state index is 0.142. The molecule has 5 nitrogen and oxygen atoms in total. The highest BCUT2D eigenvalue weighted by Gasteiger charge is 2.16. The molecule has 0 aromatic heterocycles. The van der Waals surface area contributed by atoms with Crippen molar-refractivity contribution < 1.29 is 4.79 Å². The summed E-state index contributed by atoms with van der Waals surface area (Å²) in [4.78, 5) is 14.0. The van der Waals surface area contributed by atoms with E-state index in [9.17, 15) is 4.79 Å². The van der Waals surface area contributed by atoms with E-state index < -0.39 is 0 Å². The van der Waals surface area contributed by atoms with Crippen LogP contribution in [0.5, 0.6) is 0 Å². The van der Waals surface area contributed by atoms with Crippen LogP contribution in [0, 0.1) is 0 Å². The van der Waals surface area contributed by atoms with Crippen LogP contribution in [0.4, 0.5) is 0 Å². The molecule has 0 unspecified atom stereocenters. The standard InChI is InChI=1S/C11H22N4O/c16-11(10-14-8-4-12-5-9-14)13-15-6-2-1-3-7-15/h12H,1-10H2,(H,13,16). The van der Waals surface area contributed by atoms with Gasteiger partial charge in [0.25, 0.3) is 0 Å². The number of nitrogens with zero attached hydrogens (tertiary/aromatic N) is 2. The summed E-state index contributed by atoms with van der Waals surface area (Å²) in [5.74, 6) is 0.142. The van der Waals surface area contributed by atoms with Gasteiger partial charge in [-0.25, -0.2) is 5.01 Å². The van der Waals surface area contributed by atoms with Gasteiger partial charge in [0.15, 0.2) is 0 Å². The monoisotopic (exact) mass is 226 g/mol. The van der Waals surface area contributed by atoms with Gasteiger partial charge in [-0.1, -0.05) is 6.42 Å². The number of carbonyl (C=O) groups is 1. The topological polar surface area (TPSA) is 47.6 Å². The summed E-state index contributed by atoms with van der Waals surface area (Å²) in [6.07, 6.45) is 3.70. The van der Waals surface area contributed by atoms with E-state index in [1.807, 2.05) is 0 Å². The van der Waals surface area contributed by atoms with Crippen molar-refractivity contribution in [1.82, 2.24) is 20.7 Å². The van der Waals surface area contributed by atoms with Crippen molar-refractivity contribution >= 4 is 5.91 Å². The molecule has 16 heavy (non-hydrogen) atoms. The largest absolute Gasteiger partial charge is 0.314 e. The van der Waals surface area contributed by atoms with Crippen LogP contribution >= 0.6 is 0 Å². The zero-order valence-corrected chi connectivity index (χ0v) is 9.87. The van der Waals surface area contributed by atoms with E-state index >= 15 is 0 Å². The fourth-order valence-corrected chi connectivity index (χ4v) is 2.29. The maximum atomic E-state index is 11.8. The van der Waals surface area contributed by atoms with Crippen LogP contribution in [-0.4, -0.2) is 61.6 Å². The highest BCUT2D eigenvalue weighted by Crippen LogP contribution is 2.05. The number of amides is 1. The zero-order valence-electron chi connectivity index (χ0n) is 9.87. The summed E-state index contributed by atoms with van der Waals surface area (Å²) in [6, 6.07) is 0. The van der Waals surface area contributed by atoms with Crippen molar-refractivity contribution in [2.45, 2.75) is 19.3 Å². The van der Waals surface area contributed by atoms with Gasteiger partial charge in [-0.3, -0.25) is 15.1 Å². The number of piperazine rings is 1. The van der Waals surface area contributed by atoms with Crippen LogP contribution < -0.4 is 10.7 Å². The Morgan fingerprint density at radius 3 is 2.44 bits per heavy atom. The summed E-state index contributed by atoms with van der Waals surface area (Å²) in [7, 11) is 0. The first-order chi connectivity index (χ1) is 7.84. The highest BCUT2D eigenvalue weighted by molar-refractivity contribution is 5.77. The first-order valence-corrected chi connectivity index (χ1v) is 6.32. The molecule has 0 aromatic rings. The Hall–Kier alpha value is -0.650. The molecule has 0 aliphatic carbocycles. The van der Waals surface area contributed by atoms with Crippen LogP contribution in [0.1, 0.15) is 19.3 Å². The van der Waals surface area contributed by atoms with E-state index in [-0.39, 0.29) is 5.91 Å². The van der Waals surface area contributed by atoms with Gasteiger partial charge >= 0.3 is 0 Å². The number of hydrogen-bond acceptors (Lipinski definition) is 4. The quantitative estimate of drug-likeness (QED) is 0.675. The predicted molar refractivity (Wildman–Crippen MR) is 62.9 cm³/mol. The molecule has 0 saturated carbocycles. The molecular formula is C11H22N4O. The van der Waals surface area contributed by atoms with Gasteiger partial charge in [0.2, 0.25) is 5.91 Å². The summed E-state index contributed by atoms with van der Waals surface area (Å²) < 4.78 is 0. The molecule has 2 aliphatic rings. The minimum Gasteiger partial charge on any atom is -0.314 e. The lowest BCUT2D eigenvalue weighted by atomic mass is 10.2. The van der Waals surface area contributed by atoms with Crippen molar-refractivity contribution in [2.24, 2.45) is 0 Å². The van der Waals surface area contributed by atoms with Crippen molar-refractivity contribution in [3.05, 3.63) is 0 Å². The Labute approximate surface area is 97.1 Å². The Morgan fingerprint density at radius 1 is 1.06 bits per heavy atom. The number of nitrogens with one attached hydrogen (secondary N) is 2. The third-order valence-electron chi connectivity index (χ3n) is 3.22. The molecule has 0 radical (unpaired) electrons. The normalized spacial score (nSPS) is 24.2. The second-order valence-electron chi connectivity index (χ2n) is 4.61. The van der Waals surface area contributed by atoms with Crippen LogP contribution in [0.25, 0.3) is 0 Å². The van der Waals surface area contributed by atoms with E-state index in [0.717, 1.165) is 39.3 Å². The van der Waals surface area contributed by atoms with Gasteiger partial charge in [0.1, 0.15) is 0 Å². The van der Waals surface area contributed by atoms with E-state index in [2.05, 4.69) is 20.7 Å². The smallest absolute Gasteiger partial charge is 0.248 e. The van der Waals surface area contributed by atoms with Gasteiger partial charge in [-0.05, 0) is 12.8 Å². The van der Waals surface area contributed by atoms with E-state index in [0.29, 0.717) is 6.54 Å². The average Bonchev–Trinajstić information content (AvgIpc) is 2.31. The van der Waals surface area contributed by atoms with Gasteiger partial charge in [-0.15, -0.1) is 0 Å². The molecule has 1 amide bonds. The number of carbonyl (C=O) groups excluding carboxylic acids is 1. The molecule has 92 valence electrons. The average molecular weight is 226 g/mol. The molecule has 0 aromatic carbocycles. The molecule has 2 N–H and O–H groups in total. The van der Waals surface area contributed by atoms with Crippen LogP contribution in [-0.2, 0) is 4.79 Å². The lowest BCUT2D eigenvalue weighted by molar-refractivity contribution is -0.127. The van der Waals surface area contributed by atoms with E-state index in [4.69, 9.17) is 0 Å². The summed E-state index contributed by atoms with van der Waals surface area (Å²) >= 11 is 0. The van der Waals surface area contributed by atoms with Crippen molar-refractivity contribution in [3.8, 4) is 0 Å². The molecule has 2 aliphatic heterocycles. The molecule has 2 fully saturated rings. The first-order valence-electron chi connectivity index (χ1n) is 6.32. The molecule has 0 bridgehead atoms. The summed E-state index contributed by atoms with van der Waals surface area (Å²) in [5, 5.41) is 5.35. The number of hydrogen-bond donors (Lipinski definition) is 2. The first kappa shape index (κ1) is 11.8. The van der Waals surface area contributed by atoms with Crippen LogP contribution in [0.3, 0.4) is 0 Å². The Morgan fingerprint density at radius 2 is 1.75 bits per heavy atom. The maximum absolute atomic E-state index is 11.8. The fraction of sp³-hybridized carbons (Fsp3) is 0.909. The third kappa shape index (κ3) is 3.73. The van der Waals surface area contributed by atoms with Crippen molar-refractivity contribution in [1.29, 1.82) is 0 Å². The number of hydrazine groups is 1. The molecule has 2 heterocycles. The van der Waals surface area contributed by atoms with E-state index in [1.54, 1.807) is 0 Å². The van der Waals surface area contributed by atoms with Crippen molar-refractivity contribution in [2.75, 3.05) is 45.8 Å². The van der Waals surface area contributed by atoms with Crippen LogP contribution in [0.15, 0.2) is 0 Å². The lowest BCUT2D eigenvalue weighted by Gasteiger charge is -2.30. The molecule has 2 rings (SSSR count). The maximum Gasteiger partial charge on any atom is 0.248 e. The minimum atomic E-state index is 0.142. The summed E-state index contributed by atoms with van der Waals surface area (Å²) in [6.45, 7) is 6.51. The SMILES string of the molecule is O=C(CN1CCNCC1)NN1CCCCC1. The predicted octanol–water partition coefficient (Wildman–Crippen LogP) is -0.591. The molecular weight excluding hydrogens is 204 g/mol. The van der Waals surface area contributed by atoms with E-state index in [1.165, 1.54) is 19.3 Å². The van der Waals surface area contributed by atoms with Crippen LogP contribution in [0.2, 0.25) is 0 Å². The number of piperidine rings is 1. The third-order valence-corrected chi connectivity index (χ3v) is 3.22. The second-order valence-corrected chi connectivity index (χ2v) is 4.61. The summed E-state index contributed by atoms with van der Waals surface area (Å²) in [5.41, 5.74) is 3.00. The fourth-order valence-electron chi connectivity index (χ4n) is 2.29. The van der Waals surface area contributed by atoms with Gasteiger partial charge < -0.3 is 5.32 Å². The Bertz CT molecular complexity index is 200. The van der Waals surface area contributed by atoms with Crippen molar-refractivity contribution in [3.63, 3.8) is 0 Å². The van der Waals surface area contributed by atoms with Gasteiger partial charge in [0, 0.05) is 39.3 Å². The molecule has 5 heteroatoms. The second kappa shape index (κ2) is 6.18. The molecule has 0 spiro atoms.